The second-order valence-corrected chi connectivity index (χ2v) is 29.2. The molecule has 506 valence electrons. The number of allylic oxidation sites excluding steroid dienone is 3. The summed E-state index contributed by atoms with van der Waals surface area (Å²) in [4.78, 5) is 23.4. The number of hydrogen-bond donors (Lipinski definition) is 3. The summed E-state index contributed by atoms with van der Waals surface area (Å²) in [5.74, 6) is -0.177. The first-order valence-corrected chi connectivity index (χ1v) is 39.7. The normalized spacial score (nSPS) is 13.6. The Hall–Kier alpha value is -1.02. The summed E-state index contributed by atoms with van der Waals surface area (Å²) in [7, 11) is 1.58. The van der Waals surface area contributed by atoms with Crippen LogP contribution in [0.4, 0.5) is 0 Å². The van der Waals surface area contributed by atoms with E-state index in [1.54, 1.807) is 6.08 Å². The van der Waals surface area contributed by atoms with E-state index in [2.05, 4.69) is 31.3 Å². The highest BCUT2D eigenvalue weighted by atomic mass is 31.2. The minimum absolute atomic E-state index is 0.0591. The topological polar surface area (TPSA) is 105 Å². The van der Waals surface area contributed by atoms with Gasteiger partial charge in [0.05, 0.1) is 39.9 Å². The number of aliphatic hydroxyl groups is 1. The van der Waals surface area contributed by atoms with Crippen LogP contribution in [0.3, 0.4) is 0 Å². The van der Waals surface area contributed by atoms with E-state index in [1.165, 1.54) is 347 Å². The van der Waals surface area contributed by atoms with Gasteiger partial charge in [0.2, 0.25) is 5.91 Å². The third-order valence-corrected chi connectivity index (χ3v) is 18.9. The van der Waals surface area contributed by atoms with Crippen LogP contribution in [0.25, 0.3) is 0 Å². The van der Waals surface area contributed by atoms with E-state index in [9.17, 15) is 19.4 Å². The number of nitrogens with one attached hydrogen (secondary N) is 1. The average molecular weight is 1220 g/mol. The van der Waals surface area contributed by atoms with Gasteiger partial charge >= 0.3 is 7.82 Å². The SMILES string of the molecule is CCCCCCCCCCCCCCCCCCCCC/C=C/CC/C=C/C(O)C(COP(=O)(O)OCC[N+](C)(C)C)NC(=O)CCCCCCCCCCCCCCCCCCCCCCCCCCCCCCCCCCCCCCCC. The lowest BCUT2D eigenvalue weighted by atomic mass is 10.0. The molecule has 0 heterocycles. The molecule has 0 aromatic rings. The number of carbonyl (C=O) groups is 1. The molecule has 0 bridgehead atoms. The van der Waals surface area contributed by atoms with Crippen molar-refractivity contribution in [1.82, 2.24) is 5.32 Å². The summed E-state index contributed by atoms with van der Waals surface area (Å²) in [6.45, 7) is 4.87. The van der Waals surface area contributed by atoms with Gasteiger partial charge in [-0.1, -0.05) is 391 Å². The first kappa shape index (κ1) is 84.0. The van der Waals surface area contributed by atoms with Gasteiger partial charge in [-0.3, -0.25) is 13.8 Å². The third-order valence-electron chi connectivity index (χ3n) is 17.9. The van der Waals surface area contributed by atoms with Gasteiger partial charge in [0, 0.05) is 6.42 Å². The number of phosphoric acid groups is 1. The van der Waals surface area contributed by atoms with Crippen LogP contribution < -0.4 is 5.32 Å². The van der Waals surface area contributed by atoms with Gasteiger partial charge in [-0.05, 0) is 32.1 Å². The monoisotopic (exact) mass is 1220 g/mol. The van der Waals surface area contributed by atoms with Gasteiger partial charge in [0.1, 0.15) is 13.2 Å². The average Bonchev–Trinajstić information content (AvgIpc) is 3.49. The van der Waals surface area contributed by atoms with E-state index < -0.39 is 20.0 Å². The zero-order chi connectivity index (χ0) is 61.9. The van der Waals surface area contributed by atoms with Gasteiger partial charge in [-0.15, -0.1) is 0 Å². The van der Waals surface area contributed by atoms with Crippen LogP contribution >= 0.6 is 7.82 Å². The highest BCUT2D eigenvalue weighted by molar-refractivity contribution is 7.47. The lowest BCUT2D eigenvalue weighted by Gasteiger charge is -2.25. The molecule has 0 radical (unpaired) electrons. The molecule has 0 fully saturated rings. The van der Waals surface area contributed by atoms with Crippen molar-refractivity contribution < 1.29 is 32.9 Å². The number of unbranched alkanes of at least 4 members (excludes halogenated alkanes) is 57. The van der Waals surface area contributed by atoms with Crippen molar-refractivity contribution in [2.45, 2.75) is 418 Å². The zero-order valence-corrected chi connectivity index (χ0v) is 59.0. The molecule has 0 aromatic heterocycles. The van der Waals surface area contributed by atoms with Crippen LogP contribution in [0.15, 0.2) is 24.3 Å². The largest absolute Gasteiger partial charge is 0.472 e. The smallest absolute Gasteiger partial charge is 0.387 e. The lowest BCUT2D eigenvalue weighted by molar-refractivity contribution is -0.870. The first-order chi connectivity index (χ1) is 41.5. The Morgan fingerprint density at radius 3 is 0.941 bits per heavy atom. The molecule has 9 heteroatoms. The fraction of sp³-hybridized carbons (Fsp3) is 0.934. The summed E-state index contributed by atoms with van der Waals surface area (Å²) in [6.07, 6.45) is 89.5. The molecule has 0 aliphatic heterocycles. The second-order valence-electron chi connectivity index (χ2n) is 27.7. The number of nitrogens with zero attached hydrogens (tertiary/aromatic N) is 1. The summed E-state index contributed by atoms with van der Waals surface area (Å²) >= 11 is 0. The van der Waals surface area contributed by atoms with E-state index in [0.717, 1.165) is 38.5 Å². The van der Waals surface area contributed by atoms with E-state index >= 15 is 0 Å². The molecular weight excluding hydrogens is 1070 g/mol. The molecule has 3 N–H and O–H groups in total. The Labute approximate surface area is 532 Å². The van der Waals surface area contributed by atoms with Gasteiger partial charge in [-0.25, -0.2) is 4.57 Å². The molecule has 3 atom stereocenters. The Balaban J connectivity index is 3.95. The first-order valence-electron chi connectivity index (χ1n) is 38.2. The number of aliphatic hydroxyl groups excluding tert-OH is 1. The molecule has 0 rings (SSSR count). The molecule has 0 spiro atoms. The lowest BCUT2D eigenvalue weighted by Crippen LogP contribution is -2.45. The van der Waals surface area contributed by atoms with E-state index in [1.807, 2.05) is 27.2 Å². The molecule has 0 aliphatic carbocycles. The number of hydrogen-bond acceptors (Lipinski definition) is 5. The van der Waals surface area contributed by atoms with Crippen LogP contribution in [-0.4, -0.2) is 73.4 Å². The van der Waals surface area contributed by atoms with Crippen LogP contribution in [0.5, 0.6) is 0 Å². The van der Waals surface area contributed by atoms with Gasteiger partial charge in [0.25, 0.3) is 0 Å². The predicted molar refractivity (Wildman–Crippen MR) is 374 cm³/mol. The highest BCUT2D eigenvalue weighted by Crippen LogP contribution is 2.43. The molecule has 0 saturated heterocycles. The van der Waals surface area contributed by atoms with Gasteiger partial charge in [0.15, 0.2) is 0 Å². The van der Waals surface area contributed by atoms with Crippen molar-refractivity contribution in [2.24, 2.45) is 0 Å². The van der Waals surface area contributed by atoms with Crippen molar-refractivity contribution in [2.75, 3.05) is 40.9 Å². The van der Waals surface area contributed by atoms with Crippen LogP contribution in [0.1, 0.15) is 406 Å². The molecule has 1 amide bonds. The van der Waals surface area contributed by atoms with Crippen LogP contribution in [0.2, 0.25) is 0 Å². The summed E-state index contributed by atoms with van der Waals surface area (Å²) in [5, 5.41) is 14.0. The standard InChI is InChI=1S/C76H151N2O6P/c1-6-8-10-12-14-16-18-20-22-24-26-28-30-32-33-34-35-36-37-38-39-40-41-42-43-44-46-48-50-52-54-56-58-60-62-64-66-68-70-76(80)77-74(73-84-85(81,82)83-72-71-78(3,4)5)75(79)69-67-65-63-61-59-57-55-53-51-49-47-45-31-29-27-25-23-21-19-17-15-13-11-9-7-2/h59,61,67,69,74-75,79H,6-58,60,62-66,68,70-73H2,1-5H3,(H-,77,80,81,82)/p+1/b61-59+,69-67+. The summed E-state index contributed by atoms with van der Waals surface area (Å²) < 4.78 is 23.8. The van der Waals surface area contributed by atoms with Crippen molar-refractivity contribution in [3.05, 3.63) is 24.3 Å². The minimum atomic E-state index is -4.36. The van der Waals surface area contributed by atoms with Crippen molar-refractivity contribution in [1.29, 1.82) is 0 Å². The van der Waals surface area contributed by atoms with Gasteiger partial charge < -0.3 is 19.8 Å². The Morgan fingerprint density at radius 2 is 0.647 bits per heavy atom. The number of likely N-dealkylation sites (N-methyl/N-ethyl adjacent to an activating group) is 1. The number of phosphoric ester groups is 1. The van der Waals surface area contributed by atoms with Crippen molar-refractivity contribution >= 4 is 13.7 Å². The second kappa shape index (κ2) is 67.4. The third kappa shape index (κ3) is 70.3. The van der Waals surface area contributed by atoms with Crippen molar-refractivity contribution in [3.63, 3.8) is 0 Å². The maximum Gasteiger partial charge on any atom is 0.472 e. The molecule has 3 unspecified atom stereocenters. The van der Waals surface area contributed by atoms with Crippen LogP contribution in [0, 0.1) is 0 Å². The van der Waals surface area contributed by atoms with E-state index in [0.29, 0.717) is 17.4 Å². The molecule has 0 aliphatic rings. The fourth-order valence-electron chi connectivity index (χ4n) is 12.0. The minimum Gasteiger partial charge on any atom is -0.387 e. The van der Waals surface area contributed by atoms with E-state index in [-0.39, 0.29) is 19.1 Å². The van der Waals surface area contributed by atoms with Crippen molar-refractivity contribution in [3.8, 4) is 0 Å². The zero-order valence-electron chi connectivity index (χ0n) is 58.1. The number of rotatable bonds is 72. The van der Waals surface area contributed by atoms with Crippen LogP contribution in [-0.2, 0) is 18.4 Å². The molecule has 0 aromatic carbocycles. The van der Waals surface area contributed by atoms with E-state index in [4.69, 9.17) is 9.05 Å². The maximum absolute atomic E-state index is 13.1. The summed E-state index contributed by atoms with van der Waals surface area (Å²) in [5.41, 5.74) is 0. The number of carbonyl (C=O) groups excluding carboxylic acids is 1. The Bertz CT molecular complexity index is 1430. The predicted octanol–water partition coefficient (Wildman–Crippen LogP) is 24.6. The quantitative estimate of drug-likeness (QED) is 0.0243. The number of quaternary nitrogens is 1. The van der Waals surface area contributed by atoms with Gasteiger partial charge in [-0.2, -0.15) is 0 Å². The highest BCUT2D eigenvalue weighted by Gasteiger charge is 2.28. The Morgan fingerprint density at radius 1 is 0.388 bits per heavy atom. The number of amides is 1. The summed E-state index contributed by atoms with van der Waals surface area (Å²) in [6, 6.07) is -0.862. The Kier molecular flexibility index (Phi) is 66.6. The molecule has 0 saturated carbocycles. The maximum atomic E-state index is 13.1. The molecule has 8 nitrogen and oxygen atoms in total. The fourth-order valence-corrected chi connectivity index (χ4v) is 12.7. The molecular formula is C76H152N2O6P+. The molecule has 85 heavy (non-hydrogen) atoms.